The third kappa shape index (κ3) is 3.82. The fraction of sp³-hybridized carbons (Fsp3) is 0.200. The summed E-state index contributed by atoms with van der Waals surface area (Å²) >= 11 is 0. The zero-order valence-electron chi connectivity index (χ0n) is 12.4. The highest BCUT2D eigenvalue weighted by Gasteiger charge is 2.21. The molecule has 0 radical (unpaired) electrons. The number of halogens is 1. The molecule has 0 amide bonds. The lowest BCUT2D eigenvalue weighted by molar-refractivity contribution is 0.507. The van der Waals surface area contributed by atoms with Crippen LogP contribution in [-0.2, 0) is 16.6 Å². The number of sulfonamides is 1. The molecule has 2 N–H and O–H groups in total. The fourth-order valence-electron chi connectivity index (χ4n) is 1.82. The molecule has 0 aromatic heterocycles. The van der Waals surface area contributed by atoms with E-state index in [0.717, 1.165) is 16.1 Å². The van der Waals surface area contributed by atoms with Crippen LogP contribution in [0.3, 0.4) is 0 Å². The first-order valence-electron chi connectivity index (χ1n) is 6.66. The minimum Gasteiger partial charge on any atom is -0.321 e. The van der Waals surface area contributed by atoms with Gasteiger partial charge in [0, 0.05) is 26.3 Å². The van der Waals surface area contributed by atoms with Crippen LogP contribution in [0.2, 0.25) is 0 Å². The van der Waals surface area contributed by atoms with Gasteiger partial charge in [-0.15, -0.1) is 0 Å². The number of hydrogen-bond donors (Lipinski definition) is 2. The molecule has 0 bridgehead atoms. The third-order valence-electron chi connectivity index (χ3n) is 3.05. The van der Waals surface area contributed by atoms with E-state index >= 15 is 0 Å². The van der Waals surface area contributed by atoms with E-state index in [1.807, 2.05) is 30.3 Å². The molecule has 0 fully saturated rings. The van der Waals surface area contributed by atoms with Crippen molar-refractivity contribution < 1.29 is 12.8 Å². The molecule has 0 aliphatic rings. The largest absolute Gasteiger partial charge is 0.321 e. The Balaban J connectivity index is 2.10. The Morgan fingerprint density at radius 2 is 1.77 bits per heavy atom. The molecule has 2 rings (SSSR count). The fourth-order valence-corrected chi connectivity index (χ4v) is 2.83. The van der Waals surface area contributed by atoms with Crippen molar-refractivity contribution >= 4 is 15.7 Å². The van der Waals surface area contributed by atoms with Crippen molar-refractivity contribution in [2.75, 3.05) is 19.5 Å². The van der Waals surface area contributed by atoms with Gasteiger partial charge in [0.15, 0.2) is 0 Å². The second-order valence-electron chi connectivity index (χ2n) is 4.90. The molecule has 2 aromatic carbocycles. The monoisotopic (exact) mass is 323 g/mol. The van der Waals surface area contributed by atoms with E-state index in [-0.39, 0.29) is 4.90 Å². The number of nitrogens with zero attached hydrogens (tertiary/aromatic N) is 1. The number of hydrazine groups is 1. The van der Waals surface area contributed by atoms with Gasteiger partial charge in [0.05, 0.1) is 0 Å². The normalized spacial score (nSPS) is 11.6. The number of rotatable bonds is 6. The Hall–Kier alpha value is -1.96. The van der Waals surface area contributed by atoms with Crippen molar-refractivity contribution in [1.29, 1.82) is 0 Å². The molecular weight excluding hydrogens is 305 g/mol. The summed E-state index contributed by atoms with van der Waals surface area (Å²) < 4.78 is 38.9. The molecule has 118 valence electrons. The average Bonchev–Trinajstić information content (AvgIpc) is 2.49. The number of anilines is 1. The molecule has 0 saturated heterocycles. The van der Waals surface area contributed by atoms with Crippen LogP contribution in [0, 0.1) is 5.82 Å². The molecule has 0 heterocycles. The molecule has 0 aliphatic carbocycles. The summed E-state index contributed by atoms with van der Waals surface area (Å²) in [6.07, 6.45) is 0. The Kier molecular flexibility index (Phi) is 5.12. The van der Waals surface area contributed by atoms with Crippen LogP contribution >= 0.6 is 0 Å². The lowest BCUT2D eigenvalue weighted by Crippen LogP contribution is -2.24. The van der Waals surface area contributed by atoms with Crippen molar-refractivity contribution in [3.05, 3.63) is 59.9 Å². The zero-order valence-corrected chi connectivity index (χ0v) is 13.2. The Labute approximate surface area is 129 Å². The van der Waals surface area contributed by atoms with E-state index in [2.05, 4.69) is 10.9 Å². The van der Waals surface area contributed by atoms with Crippen molar-refractivity contribution in [2.24, 2.45) is 0 Å². The number of para-hydroxylation sites is 1. The smallest absolute Gasteiger partial charge is 0.245 e. The molecule has 0 saturated carbocycles. The second-order valence-corrected chi connectivity index (χ2v) is 7.02. The maximum absolute atomic E-state index is 13.8. The van der Waals surface area contributed by atoms with Gasteiger partial charge in [0.2, 0.25) is 10.0 Å². The Bertz CT molecular complexity index is 734. The summed E-state index contributed by atoms with van der Waals surface area (Å²) in [4.78, 5) is -0.323. The second kappa shape index (κ2) is 6.87. The van der Waals surface area contributed by atoms with Crippen LogP contribution in [0.15, 0.2) is 53.4 Å². The van der Waals surface area contributed by atoms with E-state index in [1.165, 1.54) is 20.2 Å². The summed E-state index contributed by atoms with van der Waals surface area (Å²) in [7, 11) is -1.05. The van der Waals surface area contributed by atoms with Gasteiger partial charge in [-0.3, -0.25) is 0 Å². The maximum Gasteiger partial charge on any atom is 0.245 e. The SMILES string of the molecule is CN(C)S(=O)(=O)c1cc(CNNc2ccccc2)ccc1F. The molecule has 0 unspecified atom stereocenters. The highest BCUT2D eigenvalue weighted by molar-refractivity contribution is 7.89. The molecular formula is C15H18FN3O2S. The van der Waals surface area contributed by atoms with E-state index in [9.17, 15) is 12.8 Å². The van der Waals surface area contributed by atoms with Crippen LogP contribution in [0.25, 0.3) is 0 Å². The summed E-state index contributed by atoms with van der Waals surface area (Å²) in [6.45, 7) is 0.352. The van der Waals surface area contributed by atoms with Crippen molar-refractivity contribution in [1.82, 2.24) is 9.73 Å². The number of benzene rings is 2. The predicted octanol–water partition coefficient (Wildman–Crippen LogP) is 2.19. The van der Waals surface area contributed by atoms with Gasteiger partial charge >= 0.3 is 0 Å². The molecule has 2 aromatic rings. The summed E-state index contributed by atoms with van der Waals surface area (Å²) in [5.74, 6) is -0.756. The van der Waals surface area contributed by atoms with Gasteiger partial charge < -0.3 is 5.43 Å². The van der Waals surface area contributed by atoms with Gasteiger partial charge in [0.25, 0.3) is 0 Å². The van der Waals surface area contributed by atoms with Gasteiger partial charge in [-0.1, -0.05) is 24.3 Å². The quantitative estimate of drug-likeness (QED) is 0.800. The van der Waals surface area contributed by atoms with Gasteiger partial charge in [-0.25, -0.2) is 22.5 Å². The Morgan fingerprint density at radius 1 is 1.09 bits per heavy atom. The minimum atomic E-state index is -3.80. The van der Waals surface area contributed by atoms with Gasteiger partial charge in [0.1, 0.15) is 10.7 Å². The van der Waals surface area contributed by atoms with E-state index in [4.69, 9.17) is 0 Å². The molecule has 22 heavy (non-hydrogen) atoms. The predicted molar refractivity (Wildman–Crippen MR) is 84.2 cm³/mol. The van der Waals surface area contributed by atoms with Crippen molar-refractivity contribution in [2.45, 2.75) is 11.4 Å². The standard InChI is InChI=1S/C15H18FN3O2S/c1-19(2)22(20,21)15-10-12(8-9-14(15)16)11-17-18-13-6-4-3-5-7-13/h3-10,17-18H,11H2,1-2H3. The molecule has 0 spiro atoms. The number of hydrogen-bond acceptors (Lipinski definition) is 4. The van der Waals surface area contributed by atoms with Crippen LogP contribution in [0.1, 0.15) is 5.56 Å². The van der Waals surface area contributed by atoms with Crippen molar-refractivity contribution in [3.63, 3.8) is 0 Å². The molecule has 0 atom stereocenters. The summed E-state index contributed by atoms with van der Waals surface area (Å²) in [5.41, 5.74) is 7.49. The topological polar surface area (TPSA) is 61.4 Å². The molecule has 5 nitrogen and oxygen atoms in total. The lowest BCUT2D eigenvalue weighted by Gasteiger charge is -2.14. The Morgan fingerprint density at radius 3 is 2.41 bits per heavy atom. The highest BCUT2D eigenvalue weighted by Crippen LogP contribution is 2.19. The van der Waals surface area contributed by atoms with Crippen LogP contribution in [-0.4, -0.2) is 26.8 Å². The van der Waals surface area contributed by atoms with Crippen LogP contribution in [0.4, 0.5) is 10.1 Å². The van der Waals surface area contributed by atoms with Crippen LogP contribution in [0.5, 0.6) is 0 Å². The molecule has 0 aliphatic heterocycles. The average molecular weight is 323 g/mol. The highest BCUT2D eigenvalue weighted by atomic mass is 32.2. The first-order chi connectivity index (χ1) is 10.4. The van der Waals surface area contributed by atoms with Crippen molar-refractivity contribution in [3.8, 4) is 0 Å². The maximum atomic E-state index is 13.8. The minimum absolute atomic E-state index is 0.323. The summed E-state index contributed by atoms with van der Waals surface area (Å²) in [6, 6.07) is 13.5. The van der Waals surface area contributed by atoms with E-state index < -0.39 is 15.8 Å². The summed E-state index contributed by atoms with van der Waals surface area (Å²) in [5, 5.41) is 0. The number of nitrogens with one attached hydrogen (secondary N) is 2. The van der Waals surface area contributed by atoms with Gasteiger partial charge in [-0.2, -0.15) is 0 Å². The lowest BCUT2D eigenvalue weighted by atomic mass is 10.2. The first-order valence-corrected chi connectivity index (χ1v) is 8.10. The third-order valence-corrected chi connectivity index (χ3v) is 4.88. The van der Waals surface area contributed by atoms with E-state index in [1.54, 1.807) is 6.07 Å². The van der Waals surface area contributed by atoms with Gasteiger partial charge in [-0.05, 0) is 29.8 Å². The van der Waals surface area contributed by atoms with Crippen LogP contribution < -0.4 is 10.9 Å². The first kappa shape index (κ1) is 16.4. The van der Waals surface area contributed by atoms with E-state index in [0.29, 0.717) is 12.1 Å². The molecule has 7 heteroatoms. The zero-order chi connectivity index (χ0) is 16.2.